The van der Waals surface area contributed by atoms with Crippen LogP contribution in [-0.2, 0) is 32.4 Å². The van der Waals surface area contributed by atoms with Gasteiger partial charge in [-0.1, -0.05) is 107 Å². The second-order valence-electron chi connectivity index (χ2n) is 16.9. The van der Waals surface area contributed by atoms with Gasteiger partial charge in [0.15, 0.2) is 0 Å². The summed E-state index contributed by atoms with van der Waals surface area (Å²) in [7, 11) is -6.16. The molecule has 1 saturated carbocycles. The van der Waals surface area contributed by atoms with Crippen molar-refractivity contribution in [2.45, 2.75) is 138 Å². The second-order valence-corrected chi connectivity index (χ2v) is 23.3. The third-order valence-electron chi connectivity index (χ3n) is 10.7. The summed E-state index contributed by atoms with van der Waals surface area (Å²) in [5, 5.41) is 1.86. The lowest BCUT2D eigenvalue weighted by Crippen LogP contribution is -2.68. The number of ketones is 1. The number of rotatable bonds is 18. The van der Waals surface area contributed by atoms with Gasteiger partial charge < -0.3 is 18.2 Å². The van der Waals surface area contributed by atoms with E-state index in [-0.39, 0.29) is 28.6 Å². The molecule has 0 amide bonds. The van der Waals surface area contributed by atoms with Crippen LogP contribution < -0.4 is 10.4 Å². The van der Waals surface area contributed by atoms with Crippen molar-refractivity contribution in [1.29, 1.82) is 0 Å². The van der Waals surface area contributed by atoms with Crippen LogP contribution in [0.25, 0.3) is 0 Å². The molecule has 1 aliphatic carbocycles. The first-order valence-corrected chi connectivity index (χ1v) is 23.0. The van der Waals surface area contributed by atoms with Crippen molar-refractivity contribution in [3.63, 3.8) is 0 Å². The van der Waals surface area contributed by atoms with Crippen LogP contribution in [0.1, 0.15) is 121 Å². The maximum absolute atomic E-state index is 14.4. The predicted octanol–water partition coefficient (Wildman–Crippen LogP) is 10.1. The first-order valence-electron chi connectivity index (χ1n) is 19.4. The van der Waals surface area contributed by atoms with Crippen molar-refractivity contribution >= 4 is 38.0 Å². The molecule has 0 radical (unpaired) electrons. The van der Waals surface area contributed by atoms with Crippen LogP contribution in [0.4, 0.5) is 0 Å². The van der Waals surface area contributed by atoms with Gasteiger partial charge >= 0.3 is 13.6 Å². The van der Waals surface area contributed by atoms with E-state index in [4.69, 9.17) is 18.2 Å². The van der Waals surface area contributed by atoms with E-state index in [0.29, 0.717) is 45.1 Å². The Morgan fingerprint density at radius 1 is 0.942 bits per heavy atom. The monoisotopic (exact) mass is 754 g/mol. The number of benzene rings is 2. The summed E-state index contributed by atoms with van der Waals surface area (Å²) in [6.45, 7) is 23.0. The van der Waals surface area contributed by atoms with Gasteiger partial charge in [-0.2, -0.15) is 0 Å². The Bertz CT molecular complexity index is 1460. The van der Waals surface area contributed by atoms with Crippen molar-refractivity contribution in [3.05, 3.63) is 72.3 Å². The molecule has 0 aliphatic heterocycles. The summed E-state index contributed by atoms with van der Waals surface area (Å²) < 4.78 is 37.2. The van der Waals surface area contributed by atoms with Crippen molar-refractivity contribution in [2.75, 3.05) is 19.4 Å². The van der Waals surface area contributed by atoms with E-state index in [0.717, 1.165) is 29.6 Å². The Kier molecular flexibility index (Phi) is 15.9. The zero-order chi connectivity index (χ0) is 38.8. The number of allylic oxidation sites excluding steroid dienone is 2. The van der Waals surface area contributed by atoms with Gasteiger partial charge in [-0.15, -0.1) is 0 Å². The molecule has 4 atom stereocenters. The topological polar surface area (TPSA) is 88.1 Å². The zero-order valence-corrected chi connectivity index (χ0v) is 35.9. The highest BCUT2D eigenvalue weighted by Crippen LogP contribution is 2.49. The van der Waals surface area contributed by atoms with Crippen molar-refractivity contribution in [2.24, 2.45) is 17.3 Å². The van der Waals surface area contributed by atoms with Gasteiger partial charge in [0.1, 0.15) is 17.5 Å². The fourth-order valence-corrected chi connectivity index (χ4v) is 14.0. The molecule has 2 aromatic rings. The number of esters is 1. The van der Waals surface area contributed by atoms with Crippen LogP contribution in [0, 0.1) is 17.3 Å². The average molecular weight is 755 g/mol. The largest absolute Gasteiger partial charge is 0.458 e. The minimum Gasteiger partial charge on any atom is -0.458 e. The summed E-state index contributed by atoms with van der Waals surface area (Å²) in [6, 6.07) is 20.7. The zero-order valence-electron chi connectivity index (χ0n) is 34.0. The normalized spacial score (nSPS) is 21.2. The molecule has 52 heavy (non-hydrogen) atoms. The number of hydrogen-bond acceptors (Lipinski definition) is 7. The maximum Gasteiger partial charge on any atom is 0.334 e. The summed E-state index contributed by atoms with van der Waals surface area (Å²) in [5.41, 5.74) is -0.127. The standard InChI is InChI=1S/C43H67O7PSi/c1-12-47-51(46,48-13-2)32-20-21-33(3)26-28-35-29-27-34(4)43(11,39(35)44)31-30-38(40(45)49-41(5,6)7)50-52(42(8,9)10,36-22-16-14-17-23-36)37-24-18-15-19-25-37/h14-19,22-26,34-35,38H,12-13,20-21,27-32H2,1-11H3/b33-26+/t34-,35+,38-,43+/m0/s1. The lowest BCUT2D eigenvalue weighted by molar-refractivity contribution is -0.165. The number of ether oxygens (including phenoxy) is 1. The van der Waals surface area contributed by atoms with E-state index in [1.165, 1.54) is 5.57 Å². The quantitative estimate of drug-likeness (QED) is 0.0648. The van der Waals surface area contributed by atoms with Gasteiger partial charge in [0.25, 0.3) is 8.32 Å². The molecule has 2 aromatic carbocycles. The van der Waals surface area contributed by atoms with Crippen molar-refractivity contribution < 1.29 is 32.4 Å². The Morgan fingerprint density at radius 3 is 1.96 bits per heavy atom. The van der Waals surface area contributed by atoms with E-state index < -0.39 is 33.0 Å². The van der Waals surface area contributed by atoms with Crippen LogP contribution in [0.15, 0.2) is 72.3 Å². The van der Waals surface area contributed by atoms with Gasteiger partial charge in [0.05, 0.1) is 19.4 Å². The maximum atomic E-state index is 14.4. The van der Waals surface area contributed by atoms with E-state index in [1.54, 1.807) is 0 Å². The Hall–Kier alpha value is -2.35. The Labute approximate surface area is 316 Å². The van der Waals surface area contributed by atoms with Crippen LogP contribution in [-0.4, -0.2) is 51.2 Å². The van der Waals surface area contributed by atoms with Crippen molar-refractivity contribution in [1.82, 2.24) is 0 Å². The Morgan fingerprint density at radius 2 is 1.48 bits per heavy atom. The molecule has 1 fully saturated rings. The molecule has 0 aromatic heterocycles. The van der Waals surface area contributed by atoms with E-state index >= 15 is 0 Å². The number of carbonyl (C=O) groups is 2. The lowest BCUT2D eigenvalue weighted by atomic mass is 9.61. The fraction of sp³-hybridized carbons (Fsp3) is 0.628. The van der Waals surface area contributed by atoms with Gasteiger partial charge in [-0.25, -0.2) is 4.79 Å². The smallest absolute Gasteiger partial charge is 0.334 e. The molecular weight excluding hydrogens is 688 g/mol. The van der Waals surface area contributed by atoms with E-state index in [9.17, 15) is 14.2 Å². The Balaban J connectivity index is 1.89. The molecule has 0 saturated heterocycles. The first-order chi connectivity index (χ1) is 24.3. The molecule has 9 heteroatoms. The molecule has 0 heterocycles. The van der Waals surface area contributed by atoms with Gasteiger partial charge in [0.2, 0.25) is 0 Å². The highest BCUT2D eigenvalue weighted by molar-refractivity contribution is 7.53. The summed E-state index contributed by atoms with van der Waals surface area (Å²) in [4.78, 5) is 28.6. The number of Topliss-reactive ketones (excluding diaryl/α,β-unsaturated/α-hetero) is 1. The van der Waals surface area contributed by atoms with E-state index in [1.807, 2.05) is 71.0 Å². The SMILES string of the molecule is CCOP(=O)(CCC/C(C)=C/C[C@@H]1CC[C@H](C)[C@@](C)(CC[C@H](O[Si](c2ccccc2)(c2ccccc2)C(C)(C)C)C(=O)OC(C)(C)C)C1=O)OCC. The third kappa shape index (κ3) is 11.3. The molecule has 0 N–H and O–H groups in total. The van der Waals surface area contributed by atoms with Gasteiger partial charge in [-0.3, -0.25) is 9.36 Å². The van der Waals surface area contributed by atoms with Gasteiger partial charge in [-0.05, 0) is 108 Å². The predicted molar refractivity (Wildman–Crippen MR) is 216 cm³/mol. The summed E-state index contributed by atoms with van der Waals surface area (Å²) in [5.74, 6) is -0.0411. The highest BCUT2D eigenvalue weighted by Gasteiger charge is 2.53. The molecule has 3 rings (SSSR count). The summed E-state index contributed by atoms with van der Waals surface area (Å²) >= 11 is 0. The lowest BCUT2D eigenvalue weighted by Gasteiger charge is -2.46. The number of carbonyl (C=O) groups excluding carboxylic acids is 2. The molecule has 1 aliphatic rings. The van der Waals surface area contributed by atoms with E-state index in [2.05, 4.69) is 71.9 Å². The summed E-state index contributed by atoms with van der Waals surface area (Å²) in [6.07, 6.45) is 6.55. The first kappa shape index (κ1) is 44.0. The average Bonchev–Trinajstić information content (AvgIpc) is 3.07. The highest BCUT2D eigenvalue weighted by atomic mass is 31.2. The molecule has 0 unspecified atom stereocenters. The molecule has 290 valence electrons. The van der Waals surface area contributed by atoms with Crippen LogP contribution in [0.3, 0.4) is 0 Å². The minimum atomic E-state index is -3.09. The second kappa shape index (κ2) is 18.8. The molecule has 0 bridgehead atoms. The molecular formula is C43H67O7PSi. The molecule has 7 nitrogen and oxygen atoms in total. The van der Waals surface area contributed by atoms with Gasteiger partial charge in [0, 0.05) is 11.3 Å². The van der Waals surface area contributed by atoms with Crippen LogP contribution >= 0.6 is 7.60 Å². The van der Waals surface area contributed by atoms with Crippen molar-refractivity contribution in [3.8, 4) is 0 Å². The number of hydrogen-bond donors (Lipinski definition) is 0. The van der Waals surface area contributed by atoms with Crippen LogP contribution in [0.5, 0.6) is 0 Å². The minimum absolute atomic E-state index is 0.0910. The fourth-order valence-electron chi connectivity index (χ4n) is 7.69. The molecule has 0 spiro atoms. The van der Waals surface area contributed by atoms with Crippen LogP contribution in [0.2, 0.25) is 5.04 Å². The third-order valence-corrected chi connectivity index (χ3v) is 17.9.